The molecule has 6 heteroatoms. The average Bonchev–Trinajstić information content (AvgIpc) is 2.81. The van der Waals surface area contributed by atoms with E-state index in [2.05, 4.69) is 5.32 Å². The summed E-state index contributed by atoms with van der Waals surface area (Å²) in [5.74, 6) is -1.16. The van der Waals surface area contributed by atoms with E-state index in [1.165, 1.54) is 12.1 Å². The van der Waals surface area contributed by atoms with Crippen LogP contribution in [0.5, 0.6) is 0 Å². The second-order valence-electron chi connectivity index (χ2n) is 5.39. The largest absolute Gasteiger partial charge is 0.390 e. The first-order valence-electron chi connectivity index (χ1n) is 7.11. The lowest BCUT2D eigenvalue weighted by Gasteiger charge is -2.22. The van der Waals surface area contributed by atoms with Crippen LogP contribution in [-0.4, -0.2) is 41.7 Å². The summed E-state index contributed by atoms with van der Waals surface area (Å²) in [4.78, 5) is 13.1. The molecule has 1 aliphatic rings. The Labute approximate surface area is 122 Å². The lowest BCUT2D eigenvalue weighted by molar-refractivity contribution is -0.128. The highest BCUT2D eigenvalue weighted by atomic mass is 19.1. The van der Waals surface area contributed by atoms with Crippen LogP contribution in [0.3, 0.4) is 0 Å². The second-order valence-corrected chi connectivity index (χ2v) is 5.39. The van der Waals surface area contributed by atoms with Crippen molar-refractivity contribution < 1.29 is 18.7 Å². The van der Waals surface area contributed by atoms with Gasteiger partial charge in [-0.1, -0.05) is 6.07 Å². The van der Waals surface area contributed by atoms with E-state index in [9.17, 15) is 18.7 Å². The van der Waals surface area contributed by atoms with Crippen molar-refractivity contribution >= 4 is 5.91 Å². The molecule has 4 nitrogen and oxygen atoms in total. The fourth-order valence-corrected chi connectivity index (χ4v) is 2.49. The Morgan fingerprint density at radius 2 is 2.19 bits per heavy atom. The van der Waals surface area contributed by atoms with Gasteiger partial charge < -0.3 is 15.3 Å². The summed E-state index contributed by atoms with van der Waals surface area (Å²) in [5, 5.41) is 12.9. The maximum Gasteiger partial charge on any atom is 0.222 e. The van der Waals surface area contributed by atoms with Gasteiger partial charge in [0.2, 0.25) is 5.91 Å². The van der Waals surface area contributed by atoms with Gasteiger partial charge in [0.25, 0.3) is 0 Å². The van der Waals surface area contributed by atoms with Crippen LogP contribution in [0.4, 0.5) is 8.78 Å². The first-order chi connectivity index (χ1) is 9.97. The van der Waals surface area contributed by atoms with E-state index < -0.39 is 17.7 Å². The van der Waals surface area contributed by atoms with Crippen LogP contribution in [-0.2, 0) is 4.79 Å². The maximum atomic E-state index is 13.6. The van der Waals surface area contributed by atoms with Gasteiger partial charge in [-0.25, -0.2) is 8.78 Å². The molecule has 2 rings (SSSR count). The molecule has 0 radical (unpaired) electrons. The SMILES string of the molecule is C[C@@H](NC[C@@H](O)CN1CCCC1=O)c1ccc(F)cc1F. The highest BCUT2D eigenvalue weighted by Crippen LogP contribution is 2.17. The minimum absolute atomic E-state index is 0.0617. The molecule has 0 spiro atoms. The molecule has 0 bridgehead atoms. The number of hydrogen-bond acceptors (Lipinski definition) is 3. The Bertz CT molecular complexity index is 510. The normalized spacial score (nSPS) is 18.1. The van der Waals surface area contributed by atoms with Gasteiger partial charge >= 0.3 is 0 Å². The molecule has 1 aliphatic heterocycles. The molecule has 1 aromatic rings. The number of carbonyl (C=O) groups excluding carboxylic acids is 1. The molecule has 0 aliphatic carbocycles. The van der Waals surface area contributed by atoms with E-state index in [1.54, 1.807) is 11.8 Å². The zero-order valence-corrected chi connectivity index (χ0v) is 12.0. The number of hydrogen-bond donors (Lipinski definition) is 2. The quantitative estimate of drug-likeness (QED) is 0.839. The highest BCUT2D eigenvalue weighted by Gasteiger charge is 2.22. The lowest BCUT2D eigenvalue weighted by atomic mass is 10.1. The fraction of sp³-hybridized carbons (Fsp3) is 0.533. The predicted molar refractivity (Wildman–Crippen MR) is 74.6 cm³/mol. The van der Waals surface area contributed by atoms with E-state index >= 15 is 0 Å². The van der Waals surface area contributed by atoms with Gasteiger partial charge in [-0.2, -0.15) is 0 Å². The van der Waals surface area contributed by atoms with Gasteiger partial charge in [-0.15, -0.1) is 0 Å². The molecule has 1 aromatic carbocycles. The number of benzene rings is 1. The molecule has 0 aromatic heterocycles. The molecule has 0 saturated carbocycles. The summed E-state index contributed by atoms with van der Waals surface area (Å²) >= 11 is 0. The molecule has 2 N–H and O–H groups in total. The third-order valence-corrected chi connectivity index (χ3v) is 3.69. The molecule has 1 amide bonds. The van der Waals surface area contributed by atoms with Crippen molar-refractivity contribution in [1.82, 2.24) is 10.2 Å². The summed E-state index contributed by atoms with van der Waals surface area (Å²) < 4.78 is 26.5. The molecule has 1 heterocycles. The van der Waals surface area contributed by atoms with Crippen molar-refractivity contribution in [1.29, 1.82) is 0 Å². The number of aliphatic hydroxyl groups is 1. The van der Waals surface area contributed by atoms with Crippen LogP contribution < -0.4 is 5.32 Å². The van der Waals surface area contributed by atoms with E-state index in [4.69, 9.17) is 0 Å². The summed E-state index contributed by atoms with van der Waals surface area (Å²) in [6, 6.07) is 3.08. The molecule has 116 valence electrons. The van der Waals surface area contributed by atoms with Gasteiger partial charge in [-0.3, -0.25) is 4.79 Å². The number of β-amino-alcohol motifs (C(OH)–C–C–N with tert-alkyl or cyclic N) is 1. The van der Waals surface area contributed by atoms with Crippen LogP contribution in [0, 0.1) is 11.6 Å². The van der Waals surface area contributed by atoms with Crippen LogP contribution >= 0.6 is 0 Å². The monoisotopic (exact) mass is 298 g/mol. The highest BCUT2D eigenvalue weighted by molar-refractivity contribution is 5.78. The minimum Gasteiger partial charge on any atom is -0.390 e. The van der Waals surface area contributed by atoms with Gasteiger partial charge in [0, 0.05) is 43.7 Å². The molecular weight excluding hydrogens is 278 g/mol. The second kappa shape index (κ2) is 6.95. The average molecular weight is 298 g/mol. The summed E-state index contributed by atoms with van der Waals surface area (Å²) in [5.41, 5.74) is 0.348. The number of nitrogens with one attached hydrogen (secondary N) is 1. The Morgan fingerprint density at radius 1 is 1.43 bits per heavy atom. The van der Waals surface area contributed by atoms with E-state index in [0.29, 0.717) is 18.5 Å². The first kappa shape index (κ1) is 15.9. The van der Waals surface area contributed by atoms with Crippen LogP contribution in [0.1, 0.15) is 31.4 Å². The van der Waals surface area contributed by atoms with Crippen LogP contribution in [0.15, 0.2) is 18.2 Å². The summed E-state index contributed by atoms with van der Waals surface area (Å²) in [7, 11) is 0. The van der Waals surface area contributed by atoms with Gasteiger partial charge in [0.15, 0.2) is 0 Å². The minimum atomic E-state index is -0.710. The maximum absolute atomic E-state index is 13.6. The van der Waals surface area contributed by atoms with Crippen molar-refractivity contribution in [2.45, 2.75) is 31.9 Å². The van der Waals surface area contributed by atoms with Crippen molar-refractivity contribution in [2.75, 3.05) is 19.6 Å². The van der Waals surface area contributed by atoms with Gasteiger partial charge in [-0.05, 0) is 19.4 Å². The predicted octanol–water partition coefficient (Wildman–Crippen LogP) is 1.60. The topological polar surface area (TPSA) is 52.6 Å². The van der Waals surface area contributed by atoms with E-state index in [0.717, 1.165) is 12.5 Å². The number of aliphatic hydroxyl groups excluding tert-OH is 1. The molecule has 0 unspecified atom stereocenters. The van der Waals surface area contributed by atoms with Gasteiger partial charge in [0.1, 0.15) is 11.6 Å². The molecule has 21 heavy (non-hydrogen) atoms. The zero-order valence-electron chi connectivity index (χ0n) is 12.0. The van der Waals surface area contributed by atoms with Crippen molar-refractivity contribution in [3.05, 3.63) is 35.4 Å². The number of amides is 1. The van der Waals surface area contributed by atoms with Crippen molar-refractivity contribution in [2.24, 2.45) is 0 Å². The zero-order chi connectivity index (χ0) is 15.4. The number of nitrogens with zero attached hydrogens (tertiary/aromatic N) is 1. The Balaban J connectivity index is 1.82. The summed E-state index contributed by atoms with van der Waals surface area (Å²) in [6.07, 6.45) is 0.658. The van der Waals surface area contributed by atoms with E-state index in [-0.39, 0.29) is 25.0 Å². The smallest absolute Gasteiger partial charge is 0.222 e. The molecule has 1 saturated heterocycles. The third-order valence-electron chi connectivity index (χ3n) is 3.69. The molecule has 2 atom stereocenters. The summed E-state index contributed by atoms with van der Waals surface area (Å²) in [6.45, 7) is 2.94. The van der Waals surface area contributed by atoms with Crippen LogP contribution in [0.25, 0.3) is 0 Å². The molecule has 1 fully saturated rings. The van der Waals surface area contributed by atoms with Crippen molar-refractivity contribution in [3.8, 4) is 0 Å². The Kier molecular flexibility index (Phi) is 5.25. The lowest BCUT2D eigenvalue weighted by Crippen LogP contribution is -2.39. The number of halogens is 2. The van der Waals surface area contributed by atoms with Gasteiger partial charge in [0.05, 0.1) is 6.10 Å². The Hall–Kier alpha value is -1.53. The number of likely N-dealkylation sites (tertiary alicyclic amines) is 1. The Morgan fingerprint density at radius 3 is 2.81 bits per heavy atom. The van der Waals surface area contributed by atoms with Crippen molar-refractivity contribution in [3.63, 3.8) is 0 Å². The third kappa shape index (κ3) is 4.22. The first-order valence-corrected chi connectivity index (χ1v) is 7.11. The number of rotatable bonds is 6. The van der Waals surface area contributed by atoms with Crippen LogP contribution in [0.2, 0.25) is 0 Å². The fourth-order valence-electron chi connectivity index (χ4n) is 2.49. The molecular formula is C15H20F2N2O2. The van der Waals surface area contributed by atoms with E-state index in [1.807, 2.05) is 0 Å². The number of carbonyl (C=O) groups is 1. The standard InChI is InChI=1S/C15H20F2N2O2/c1-10(13-5-4-11(16)7-14(13)17)18-8-12(20)9-19-6-2-3-15(19)21/h4-5,7,10,12,18,20H,2-3,6,8-9H2,1H3/t10-,12-/m1/s1.